The first-order chi connectivity index (χ1) is 7.21. The Morgan fingerprint density at radius 2 is 2.27 bits per heavy atom. The molecule has 1 saturated heterocycles. The van der Waals surface area contributed by atoms with E-state index in [1.807, 2.05) is 6.92 Å². The lowest BCUT2D eigenvalue weighted by Crippen LogP contribution is -2.47. The Hall–Kier alpha value is -1.49. The van der Waals surface area contributed by atoms with Gasteiger partial charge in [0.2, 0.25) is 5.91 Å². The second-order valence-corrected chi connectivity index (χ2v) is 3.94. The third kappa shape index (κ3) is 2.12. The minimum atomic E-state index is -0.449. The molecule has 0 aliphatic carbocycles. The average Bonchev–Trinajstić information content (AvgIpc) is 2.68. The molecule has 1 unspecified atom stereocenters. The molecule has 0 saturated carbocycles. The van der Waals surface area contributed by atoms with Gasteiger partial charge in [-0.15, -0.1) is 0 Å². The molecular weight excluding hydrogens is 192 g/mol. The van der Waals surface area contributed by atoms with Crippen molar-refractivity contribution in [3.05, 3.63) is 18.7 Å². The topological polar surface area (TPSA) is 66.9 Å². The molecule has 0 bridgehead atoms. The number of aromatic nitrogens is 2. The van der Waals surface area contributed by atoms with E-state index in [1.54, 1.807) is 12.4 Å². The predicted molar refractivity (Wildman–Crippen MR) is 56.3 cm³/mol. The Balaban J connectivity index is 2.04. The highest BCUT2D eigenvalue weighted by atomic mass is 16.2. The highest BCUT2D eigenvalue weighted by Gasteiger charge is 2.35. The molecule has 2 rings (SSSR count). The van der Waals surface area contributed by atoms with E-state index in [0.717, 1.165) is 19.4 Å². The van der Waals surface area contributed by atoms with Crippen LogP contribution in [0.5, 0.6) is 0 Å². The number of rotatable bonds is 2. The molecule has 80 valence electrons. The van der Waals surface area contributed by atoms with E-state index < -0.39 is 5.54 Å². The molecular formula is C10H14N4O. The van der Waals surface area contributed by atoms with Crippen LogP contribution < -0.4 is 10.6 Å². The van der Waals surface area contributed by atoms with E-state index >= 15 is 0 Å². The molecule has 5 nitrogen and oxygen atoms in total. The molecule has 0 aromatic carbocycles. The van der Waals surface area contributed by atoms with Crippen LogP contribution in [0.1, 0.15) is 19.8 Å². The van der Waals surface area contributed by atoms with Crippen LogP contribution in [0.2, 0.25) is 0 Å². The molecule has 1 amide bonds. The summed E-state index contributed by atoms with van der Waals surface area (Å²) in [5, 5.41) is 6.00. The van der Waals surface area contributed by atoms with Crippen LogP contribution in [0.4, 0.5) is 5.69 Å². The maximum absolute atomic E-state index is 11.9. The van der Waals surface area contributed by atoms with Crippen molar-refractivity contribution in [1.29, 1.82) is 0 Å². The highest BCUT2D eigenvalue weighted by molar-refractivity contribution is 5.97. The Bertz CT molecular complexity index is 346. The van der Waals surface area contributed by atoms with Crippen molar-refractivity contribution in [2.24, 2.45) is 0 Å². The molecule has 0 spiro atoms. The Kier molecular flexibility index (Phi) is 2.64. The maximum Gasteiger partial charge on any atom is 0.244 e. The van der Waals surface area contributed by atoms with Gasteiger partial charge in [0.15, 0.2) is 0 Å². The quantitative estimate of drug-likeness (QED) is 0.742. The number of carbonyl (C=O) groups is 1. The van der Waals surface area contributed by atoms with E-state index in [2.05, 4.69) is 20.6 Å². The molecule has 2 heterocycles. The Morgan fingerprint density at radius 1 is 1.53 bits per heavy atom. The first-order valence-electron chi connectivity index (χ1n) is 5.02. The standard InChI is InChI=1S/C10H14N4O/c1-10(3-2-4-13-10)9(15)14-8-5-11-7-12-6-8/h5-7,13H,2-4H2,1H3,(H,14,15). The van der Waals surface area contributed by atoms with Crippen LogP contribution in [-0.2, 0) is 4.79 Å². The first kappa shape index (κ1) is 10.0. The van der Waals surface area contributed by atoms with Crippen molar-refractivity contribution < 1.29 is 4.79 Å². The minimum Gasteiger partial charge on any atom is -0.322 e. The summed E-state index contributed by atoms with van der Waals surface area (Å²) < 4.78 is 0. The summed E-state index contributed by atoms with van der Waals surface area (Å²) in [6.45, 7) is 2.81. The fraction of sp³-hybridized carbons (Fsp3) is 0.500. The van der Waals surface area contributed by atoms with E-state index in [4.69, 9.17) is 0 Å². The third-order valence-electron chi connectivity index (χ3n) is 2.69. The van der Waals surface area contributed by atoms with E-state index in [-0.39, 0.29) is 5.91 Å². The van der Waals surface area contributed by atoms with Crippen molar-refractivity contribution >= 4 is 11.6 Å². The average molecular weight is 206 g/mol. The zero-order valence-corrected chi connectivity index (χ0v) is 8.66. The van der Waals surface area contributed by atoms with Crippen LogP contribution in [0.25, 0.3) is 0 Å². The number of hydrogen-bond acceptors (Lipinski definition) is 4. The molecule has 1 aromatic heterocycles. The van der Waals surface area contributed by atoms with E-state index in [1.165, 1.54) is 6.33 Å². The van der Waals surface area contributed by atoms with Gasteiger partial charge in [-0.1, -0.05) is 0 Å². The normalized spacial score (nSPS) is 25.1. The van der Waals surface area contributed by atoms with Crippen LogP contribution in [-0.4, -0.2) is 28.0 Å². The van der Waals surface area contributed by atoms with Gasteiger partial charge in [-0.05, 0) is 26.3 Å². The summed E-state index contributed by atoms with van der Waals surface area (Å²) in [4.78, 5) is 19.6. The predicted octanol–water partition coefficient (Wildman–Crippen LogP) is 0.557. The summed E-state index contributed by atoms with van der Waals surface area (Å²) in [6, 6.07) is 0. The first-order valence-corrected chi connectivity index (χ1v) is 5.02. The van der Waals surface area contributed by atoms with Crippen LogP contribution in [0.3, 0.4) is 0 Å². The van der Waals surface area contributed by atoms with Gasteiger partial charge in [-0.25, -0.2) is 9.97 Å². The fourth-order valence-electron chi connectivity index (χ4n) is 1.72. The monoisotopic (exact) mass is 206 g/mol. The van der Waals surface area contributed by atoms with Crippen LogP contribution >= 0.6 is 0 Å². The summed E-state index contributed by atoms with van der Waals surface area (Å²) in [6.07, 6.45) is 6.51. The van der Waals surface area contributed by atoms with Crippen molar-refractivity contribution in [2.75, 3.05) is 11.9 Å². The van der Waals surface area contributed by atoms with Gasteiger partial charge >= 0.3 is 0 Å². The number of amides is 1. The SMILES string of the molecule is CC1(C(=O)Nc2cncnc2)CCCN1. The molecule has 0 radical (unpaired) electrons. The zero-order chi connectivity index (χ0) is 10.7. The van der Waals surface area contributed by atoms with Crippen molar-refractivity contribution in [3.8, 4) is 0 Å². The summed E-state index contributed by atoms with van der Waals surface area (Å²) in [7, 11) is 0. The fourth-order valence-corrected chi connectivity index (χ4v) is 1.72. The van der Waals surface area contributed by atoms with Crippen LogP contribution in [0, 0.1) is 0 Å². The Labute approximate surface area is 88.3 Å². The molecule has 1 fully saturated rings. The maximum atomic E-state index is 11.9. The largest absolute Gasteiger partial charge is 0.322 e. The number of anilines is 1. The summed E-state index contributed by atoms with van der Waals surface area (Å²) in [5.41, 5.74) is 0.188. The van der Waals surface area contributed by atoms with Crippen molar-refractivity contribution in [2.45, 2.75) is 25.3 Å². The van der Waals surface area contributed by atoms with Crippen LogP contribution in [0.15, 0.2) is 18.7 Å². The van der Waals surface area contributed by atoms with Gasteiger partial charge in [0.25, 0.3) is 0 Å². The van der Waals surface area contributed by atoms with Crippen molar-refractivity contribution in [1.82, 2.24) is 15.3 Å². The zero-order valence-electron chi connectivity index (χ0n) is 8.66. The number of nitrogens with zero attached hydrogens (tertiary/aromatic N) is 2. The highest BCUT2D eigenvalue weighted by Crippen LogP contribution is 2.20. The van der Waals surface area contributed by atoms with E-state index in [0.29, 0.717) is 5.69 Å². The van der Waals surface area contributed by atoms with Gasteiger partial charge in [0, 0.05) is 0 Å². The van der Waals surface area contributed by atoms with Gasteiger partial charge < -0.3 is 10.6 Å². The summed E-state index contributed by atoms with van der Waals surface area (Å²) in [5.74, 6) is -0.0187. The second kappa shape index (κ2) is 3.94. The second-order valence-electron chi connectivity index (χ2n) is 3.94. The summed E-state index contributed by atoms with van der Waals surface area (Å²) >= 11 is 0. The molecule has 15 heavy (non-hydrogen) atoms. The van der Waals surface area contributed by atoms with Gasteiger partial charge in [0.05, 0.1) is 23.6 Å². The lowest BCUT2D eigenvalue weighted by atomic mass is 9.99. The number of hydrogen-bond donors (Lipinski definition) is 2. The van der Waals surface area contributed by atoms with Gasteiger partial charge in [-0.3, -0.25) is 4.79 Å². The molecule has 1 aromatic rings. The lowest BCUT2D eigenvalue weighted by molar-refractivity contribution is -0.121. The molecule has 1 aliphatic rings. The van der Waals surface area contributed by atoms with Gasteiger partial charge in [-0.2, -0.15) is 0 Å². The number of nitrogens with one attached hydrogen (secondary N) is 2. The molecule has 1 aliphatic heterocycles. The molecule has 2 N–H and O–H groups in total. The Morgan fingerprint density at radius 3 is 2.87 bits per heavy atom. The van der Waals surface area contributed by atoms with E-state index in [9.17, 15) is 4.79 Å². The number of carbonyl (C=O) groups excluding carboxylic acids is 1. The third-order valence-corrected chi connectivity index (χ3v) is 2.69. The minimum absolute atomic E-state index is 0.0187. The van der Waals surface area contributed by atoms with Gasteiger partial charge in [0.1, 0.15) is 6.33 Å². The molecule has 1 atom stereocenters. The van der Waals surface area contributed by atoms with Crippen molar-refractivity contribution in [3.63, 3.8) is 0 Å². The smallest absolute Gasteiger partial charge is 0.244 e. The molecule has 5 heteroatoms. The lowest BCUT2D eigenvalue weighted by Gasteiger charge is -2.22.